The van der Waals surface area contributed by atoms with Gasteiger partial charge in [-0.2, -0.15) is 0 Å². The van der Waals surface area contributed by atoms with Crippen molar-refractivity contribution in [2.45, 2.75) is 11.4 Å². The van der Waals surface area contributed by atoms with Crippen LogP contribution in [0.5, 0.6) is 0 Å². The van der Waals surface area contributed by atoms with Crippen LogP contribution < -0.4 is 4.72 Å². The number of carboxylic acids is 1. The van der Waals surface area contributed by atoms with Gasteiger partial charge in [-0.1, -0.05) is 17.7 Å². The van der Waals surface area contributed by atoms with Gasteiger partial charge in [-0.3, -0.25) is 0 Å². The lowest BCUT2D eigenvalue weighted by atomic mass is 10.2. The highest BCUT2D eigenvalue weighted by atomic mass is 35.5. The van der Waals surface area contributed by atoms with Crippen LogP contribution in [-0.2, 0) is 16.6 Å². The minimum absolute atomic E-state index is 0.00994. The lowest BCUT2D eigenvalue weighted by molar-refractivity contribution is 0.0696. The average molecular weight is 344 g/mol. The van der Waals surface area contributed by atoms with Gasteiger partial charge in [-0.25, -0.2) is 22.3 Å². The summed E-state index contributed by atoms with van der Waals surface area (Å²) in [7, 11) is -3.80. The van der Waals surface area contributed by atoms with Crippen LogP contribution in [0.1, 0.15) is 15.9 Å². The maximum Gasteiger partial charge on any atom is 0.335 e. The Bertz CT molecular complexity index is 806. The summed E-state index contributed by atoms with van der Waals surface area (Å²) in [6, 6.07) is 8.68. The highest BCUT2D eigenvalue weighted by molar-refractivity contribution is 7.89. The molecule has 0 aliphatic rings. The summed E-state index contributed by atoms with van der Waals surface area (Å²) in [6.45, 7) is -0.0665. The molecule has 0 amide bonds. The second-order valence-corrected chi connectivity index (χ2v) is 6.58. The third-order valence-electron chi connectivity index (χ3n) is 2.86. The van der Waals surface area contributed by atoms with E-state index in [1.807, 2.05) is 0 Å². The first kappa shape index (κ1) is 16.4. The normalized spacial score (nSPS) is 11.4. The number of benzene rings is 2. The second-order valence-electron chi connectivity index (χ2n) is 4.40. The van der Waals surface area contributed by atoms with Crippen molar-refractivity contribution in [3.8, 4) is 0 Å². The van der Waals surface area contributed by atoms with Gasteiger partial charge in [0.25, 0.3) is 0 Å². The molecule has 0 heterocycles. The van der Waals surface area contributed by atoms with Gasteiger partial charge in [0.05, 0.1) is 15.5 Å². The van der Waals surface area contributed by atoms with Crippen LogP contribution in [0.2, 0.25) is 5.02 Å². The van der Waals surface area contributed by atoms with E-state index in [9.17, 15) is 17.6 Å². The van der Waals surface area contributed by atoms with Crippen LogP contribution in [0.3, 0.4) is 0 Å². The zero-order chi connectivity index (χ0) is 16.3. The molecule has 0 unspecified atom stereocenters. The lowest BCUT2D eigenvalue weighted by Gasteiger charge is -2.08. The number of nitrogens with one attached hydrogen (secondary N) is 1. The zero-order valence-corrected chi connectivity index (χ0v) is 12.7. The van der Waals surface area contributed by atoms with Gasteiger partial charge in [0.1, 0.15) is 5.82 Å². The zero-order valence-electron chi connectivity index (χ0n) is 11.1. The topological polar surface area (TPSA) is 83.5 Å². The van der Waals surface area contributed by atoms with E-state index in [1.54, 1.807) is 0 Å². The highest BCUT2D eigenvalue weighted by Gasteiger charge is 2.15. The van der Waals surface area contributed by atoms with Gasteiger partial charge >= 0.3 is 5.97 Å². The number of carbonyl (C=O) groups is 1. The molecular weight excluding hydrogens is 333 g/mol. The summed E-state index contributed by atoms with van der Waals surface area (Å²) in [5.41, 5.74) is 0.487. The fourth-order valence-electron chi connectivity index (χ4n) is 1.69. The van der Waals surface area contributed by atoms with Crippen molar-refractivity contribution in [1.29, 1.82) is 0 Å². The Labute approximate surface area is 131 Å². The Kier molecular flexibility index (Phi) is 4.80. The van der Waals surface area contributed by atoms with Gasteiger partial charge in [0.2, 0.25) is 10.0 Å². The number of hydrogen-bond donors (Lipinski definition) is 2. The first-order chi connectivity index (χ1) is 10.3. The molecule has 0 atom stereocenters. The molecule has 2 aromatic rings. The monoisotopic (exact) mass is 343 g/mol. The molecule has 0 saturated heterocycles. The predicted octanol–water partition coefficient (Wildman–Crippen LogP) is 2.66. The predicted molar refractivity (Wildman–Crippen MR) is 78.8 cm³/mol. The van der Waals surface area contributed by atoms with Crippen LogP contribution in [0, 0.1) is 5.82 Å². The fraction of sp³-hybridized carbons (Fsp3) is 0.0714. The Balaban J connectivity index is 2.13. The molecule has 0 bridgehead atoms. The Morgan fingerprint density at radius 3 is 2.36 bits per heavy atom. The molecule has 0 saturated carbocycles. The van der Waals surface area contributed by atoms with Gasteiger partial charge in [0, 0.05) is 6.54 Å². The van der Waals surface area contributed by atoms with Crippen LogP contribution in [0.25, 0.3) is 0 Å². The number of rotatable bonds is 5. The molecule has 2 aromatic carbocycles. The number of sulfonamides is 1. The molecule has 0 radical (unpaired) electrons. The smallest absolute Gasteiger partial charge is 0.335 e. The third kappa shape index (κ3) is 3.82. The van der Waals surface area contributed by atoms with Crippen LogP contribution in [0.15, 0.2) is 47.4 Å². The van der Waals surface area contributed by atoms with Crippen molar-refractivity contribution >= 4 is 27.6 Å². The number of aromatic carboxylic acids is 1. The lowest BCUT2D eigenvalue weighted by Crippen LogP contribution is -2.23. The van der Waals surface area contributed by atoms with E-state index in [2.05, 4.69) is 4.72 Å². The van der Waals surface area contributed by atoms with E-state index in [-0.39, 0.29) is 22.0 Å². The number of hydrogen-bond acceptors (Lipinski definition) is 3. The van der Waals surface area contributed by atoms with Crippen molar-refractivity contribution < 1.29 is 22.7 Å². The van der Waals surface area contributed by atoms with Crippen molar-refractivity contribution in [2.24, 2.45) is 0 Å². The van der Waals surface area contributed by atoms with Gasteiger partial charge in [-0.05, 0) is 42.0 Å². The Morgan fingerprint density at radius 2 is 1.82 bits per heavy atom. The van der Waals surface area contributed by atoms with E-state index in [0.29, 0.717) is 5.56 Å². The molecular formula is C14H11ClFNO4S. The van der Waals surface area contributed by atoms with Crippen LogP contribution in [-0.4, -0.2) is 19.5 Å². The maximum atomic E-state index is 13.0. The van der Waals surface area contributed by atoms with Crippen molar-refractivity contribution in [3.63, 3.8) is 0 Å². The molecule has 0 aliphatic carbocycles. The quantitative estimate of drug-likeness (QED) is 0.874. The molecule has 8 heteroatoms. The second kappa shape index (κ2) is 6.43. The standard InChI is InChI=1S/C14H11ClFNO4S/c15-12-7-9(1-6-13(12)16)8-17-22(20,21)11-4-2-10(3-5-11)14(18)19/h1-7,17H,8H2,(H,18,19). The summed E-state index contributed by atoms with van der Waals surface area (Å²) < 4.78 is 39.5. The van der Waals surface area contributed by atoms with E-state index >= 15 is 0 Å². The number of carboxylic acid groups (broad SMARTS) is 1. The van der Waals surface area contributed by atoms with Gasteiger partial charge in [-0.15, -0.1) is 0 Å². The summed E-state index contributed by atoms with van der Waals surface area (Å²) in [6.07, 6.45) is 0. The highest BCUT2D eigenvalue weighted by Crippen LogP contribution is 2.17. The largest absolute Gasteiger partial charge is 0.478 e. The molecule has 0 spiro atoms. The molecule has 0 aliphatic heterocycles. The van der Waals surface area contributed by atoms with Gasteiger partial charge in [0.15, 0.2) is 0 Å². The molecule has 0 fully saturated rings. The molecule has 0 aromatic heterocycles. The summed E-state index contributed by atoms with van der Waals surface area (Å²) in [5.74, 6) is -1.73. The van der Waals surface area contributed by atoms with E-state index in [1.165, 1.54) is 36.4 Å². The summed E-state index contributed by atoms with van der Waals surface area (Å²) in [5, 5.41) is 8.68. The summed E-state index contributed by atoms with van der Waals surface area (Å²) >= 11 is 5.62. The van der Waals surface area contributed by atoms with Crippen molar-refractivity contribution in [1.82, 2.24) is 4.72 Å². The Hall–Kier alpha value is -1.96. The van der Waals surface area contributed by atoms with E-state index in [0.717, 1.165) is 6.07 Å². The Morgan fingerprint density at radius 1 is 1.18 bits per heavy atom. The third-order valence-corrected chi connectivity index (χ3v) is 4.57. The minimum Gasteiger partial charge on any atom is -0.478 e. The SMILES string of the molecule is O=C(O)c1ccc(S(=O)(=O)NCc2ccc(F)c(Cl)c2)cc1. The average Bonchev–Trinajstić information content (AvgIpc) is 2.48. The molecule has 22 heavy (non-hydrogen) atoms. The molecule has 2 rings (SSSR count). The molecule has 5 nitrogen and oxygen atoms in total. The van der Waals surface area contributed by atoms with E-state index < -0.39 is 21.8 Å². The van der Waals surface area contributed by atoms with Crippen LogP contribution >= 0.6 is 11.6 Å². The first-order valence-electron chi connectivity index (χ1n) is 6.06. The first-order valence-corrected chi connectivity index (χ1v) is 7.92. The number of halogens is 2. The molecule has 2 N–H and O–H groups in total. The summed E-state index contributed by atoms with van der Waals surface area (Å²) in [4.78, 5) is 10.7. The minimum atomic E-state index is -3.80. The maximum absolute atomic E-state index is 13.0. The van der Waals surface area contributed by atoms with Crippen LogP contribution in [0.4, 0.5) is 4.39 Å². The van der Waals surface area contributed by atoms with Gasteiger partial charge < -0.3 is 5.11 Å². The van der Waals surface area contributed by atoms with Crippen molar-refractivity contribution in [2.75, 3.05) is 0 Å². The van der Waals surface area contributed by atoms with E-state index in [4.69, 9.17) is 16.7 Å². The molecule has 116 valence electrons. The fourth-order valence-corrected chi connectivity index (χ4v) is 2.91. The van der Waals surface area contributed by atoms with Crippen molar-refractivity contribution in [3.05, 3.63) is 64.4 Å².